The van der Waals surface area contributed by atoms with Crippen LogP contribution in [0.4, 0.5) is 0 Å². The van der Waals surface area contributed by atoms with Gasteiger partial charge >= 0.3 is 0 Å². The maximum Gasteiger partial charge on any atom is 0.00965 e. The van der Waals surface area contributed by atoms with Crippen LogP contribution in [-0.2, 0) is 0 Å². The Balaban J connectivity index is 1.76. The molecule has 2 heteroatoms. The molecule has 2 rings (SSSR count). The largest absolute Gasteiger partial charge is 0.317 e. The zero-order valence-electron chi connectivity index (χ0n) is 10.3. The summed E-state index contributed by atoms with van der Waals surface area (Å²) in [6.45, 7) is 5.09. The predicted octanol–water partition coefficient (Wildman–Crippen LogP) is 2.25. The lowest BCUT2D eigenvalue weighted by atomic mass is 9.90. The SMILES string of the molecule is CCC1CCN(C2CCC(NC)CC2)C1. The minimum atomic E-state index is 0.797. The second-order valence-corrected chi connectivity index (χ2v) is 5.35. The molecule has 1 saturated heterocycles. The molecular formula is C13H26N2. The molecule has 1 atom stereocenters. The molecule has 88 valence electrons. The molecular weight excluding hydrogens is 184 g/mol. The van der Waals surface area contributed by atoms with E-state index in [-0.39, 0.29) is 0 Å². The van der Waals surface area contributed by atoms with Gasteiger partial charge in [0.15, 0.2) is 0 Å². The highest BCUT2D eigenvalue weighted by atomic mass is 15.2. The van der Waals surface area contributed by atoms with Gasteiger partial charge in [-0.2, -0.15) is 0 Å². The third-order valence-electron chi connectivity index (χ3n) is 4.52. The quantitative estimate of drug-likeness (QED) is 0.768. The molecule has 2 fully saturated rings. The van der Waals surface area contributed by atoms with Crippen molar-refractivity contribution in [3.63, 3.8) is 0 Å². The maximum absolute atomic E-state index is 3.42. The minimum Gasteiger partial charge on any atom is -0.317 e. The van der Waals surface area contributed by atoms with E-state index in [0.717, 1.165) is 18.0 Å². The highest BCUT2D eigenvalue weighted by Gasteiger charge is 2.29. The Morgan fingerprint density at radius 2 is 1.87 bits per heavy atom. The predicted molar refractivity (Wildman–Crippen MR) is 65.1 cm³/mol. The van der Waals surface area contributed by atoms with Gasteiger partial charge in [0.2, 0.25) is 0 Å². The van der Waals surface area contributed by atoms with Gasteiger partial charge < -0.3 is 10.2 Å². The molecule has 2 nitrogen and oxygen atoms in total. The van der Waals surface area contributed by atoms with E-state index in [1.807, 2.05) is 0 Å². The van der Waals surface area contributed by atoms with Gasteiger partial charge in [0.05, 0.1) is 0 Å². The van der Waals surface area contributed by atoms with Gasteiger partial charge in [-0.05, 0) is 51.6 Å². The number of hydrogen-bond acceptors (Lipinski definition) is 2. The third kappa shape index (κ3) is 2.73. The normalized spacial score (nSPS) is 38.4. The molecule has 1 aliphatic heterocycles. The smallest absolute Gasteiger partial charge is 0.00965 e. The average Bonchev–Trinajstić information content (AvgIpc) is 2.78. The summed E-state index contributed by atoms with van der Waals surface area (Å²) in [7, 11) is 2.11. The Labute approximate surface area is 94.4 Å². The van der Waals surface area contributed by atoms with E-state index in [1.54, 1.807) is 0 Å². The second kappa shape index (κ2) is 5.31. The lowest BCUT2D eigenvalue weighted by Crippen LogP contribution is -2.40. The third-order valence-corrected chi connectivity index (χ3v) is 4.52. The van der Waals surface area contributed by atoms with Crippen molar-refractivity contribution >= 4 is 0 Å². The lowest BCUT2D eigenvalue weighted by Gasteiger charge is -2.34. The van der Waals surface area contributed by atoms with Crippen LogP contribution < -0.4 is 5.32 Å². The first-order valence-corrected chi connectivity index (χ1v) is 6.74. The van der Waals surface area contributed by atoms with Gasteiger partial charge in [-0.3, -0.25) is 0 Å². The molecule has 1 saturated carbocycles. The first kappa shape index (κ1) is 11.4. The van der Waals surface area contributed by atoms with Gasteiger partial charge in [-0.15, -0.1) is 0 Å². The number of nitrogens with zero attached hydrogens (tertiary/aromatic N) is 1. The summed E-state index contributed by atoms with van der Waals surface area (Å²) in [5.74, 6) is 0.993. The van der Waals surface area contributed by atoms with E-state index in [0.29, 0.717) is 0 Å². The van der Waals surface area contributed by atoms with Crippen molar-refractivity contribution in [2.24, 2.45) is 5.92 Å². The van der Waals surface area contributed by atoms with Gasteiger partial charge in [0.25, 0.3) is 0 Å². The van der Waals surface area contributed by atoms with Gasteiger partial charge in [-0.25, -0.2) is 0 Å². The first-order chi connectivity index (χ1) is 7.33. The van der Waals surface area contributed by atoms with Gasteiger partial charge in [0.1, 0.15) is 0 Å². The molecule has 2 aliphatic rings. The molecule has 1 N–H and O–H groups in total. The maximum atomic E-state index is 3.42. The van der Waals surface area contributed by atoms with Crippen molar-refractivity contribution in [2.75, 3.05) is 20.1 Å². The van der Waals surface area contributed by atoms with Crippen LogP contribution in [0.2, 0.25) is 0 Å². The van der Waals surface area contributed by atoms with Crippen LogP contribution in [0.5, 0.6) is 0 Å². The Morgan fingerprint density at radius 1 is 1.13 bits per heavy atom. The summed E-state index contributed by atoms with van der Waals surface area (Å²) in [5.41, 5.74) is 0. The van der Waals surface area contributed by atoms with E-state index < -0.39 is 0 Å². The zero-order valence-corrected chi connectivity index (χ0v) is 10.3. The van der Waals surface area contributed by atoms with Crippen molar-refractivity contribution in [2.45, 2.75) is 57.5 Å². The monoisotopic (exact) mass is 210 g/mol. The van der Waals surface area contributed by atoms with Crippen molar-refractivity contribution in [3.05, 3.63) is 0 Å². The van der Waals surface area contributed by atoms with E-state index in [9.17, 15) is 0 Å². The lowest BCUT2D eigenvalue weighted by molar-refractivity contribution is 0.170. The standard InChI is InChI=1S/C13H26N2/c1-3-11-8-9-15(10-11)13-6-4-12(14-2)5-7-13/h11-14H,3-10H2,1-2H3. The topological polar surface area (TPSA) is 15.3 Å². The second-order valence-electron chi connectivity index (χ2n) is 5.35. The van der Waals surface area contributed by atoms with Crippen LogP contribution >= 0.6 is 0 Å². The van der Waals surface area contributed by atoms with E-state index in [4.69, 9.17) is 0 Å². The summed E-state index contributed by atoms with van der Waals surface area (Å²) in [5, 5.41) is 3.42. The van der Waals surface area contributed by atoms with Crippen molar-refractivity contribution in [1.29, 1.82) is 0 Å². The number of nitrogens with one attached hydrogen (secondary N) is 1. The van der Waals surface area contributed by atoms with Crippen molar-refractivity contribution in [3.8, 4) is 0 Å². The minimum absolute atomic E-state index is 0.797. The average molecular weight is 210 g/mol. The number of hydrogen-bond donors (Lipinski definition) is 1. The summed E-state index contributed by atoms with van der Waals surface area (Å²) in [6, 6.07) is 1.71. The van der Waals surface area contributed by atoms with Crippen LogP contribution in [0.1, 0.15) is 45.4 Å². The molecule has 0 radical (unpaired) electrons. The molecule has 0 aromatic rings. The summed E-state index contributed by atoms with van der Waals surface area (Å²) >= 11 is 0. The molecule has 0 amide bonds. The van der Waals surface area contributed by atoms with E-state index in [1.165, 1.54) is 51.6 Å². The summed E-state index contributed by atoms with van der Waals surface area (Å²) in [4.78, 5) is 2.76. The van der Waals surface area contributed by atoms with E-state index >= 15 is 0 Å². The Kier molecular flexibility index (Phi) is 4.04. The molecule has 1 heterocycles. The summed E-state index contributed by atoms with van der Waals surface area (Å²) < 4.78 is 0. The number of likely N-dealkylation sites (tertiary alicyclic amines) is 1. The fourth-order valence-electron chi connectivity index (χ4n) is 3.26. The van der Waals surface area contributed by atoms with Crippen LogP contribution in [-0.4, -0.2) is 37.1 Å². The molecule has 0 aromatic carbocycles. The molecule has 0 bridgehead atoms. The number of rotatable bonds is 3. The van der Waals surface area contributed by atoms with E-state index in [2.05, 4.69) is 24.2 Å². The first-order valence-electron chi connectivity index (χ1n) is 6.74. The molecule has 1 aliphatic carbocycles. The molecule has 15 heavy (non-hydrogen) atoms. The van der Waals surface area contributed by atoms with Gasteiger partial charge in [-0.1, -0.05) is 13.3 Å². The Hall–Kier alpha value is -0.0800. The van der Waals surface area contributed by atoms with Gasteiger partial charge in [0, 0.05) is 18.6 Å². The van der Waals surface area contributed by atoms with Crippen LogP contribution in [0.25, 0.3) is 0 Å². The Morgan fingerprint density at radius 3 is 2.40 bits per heavy atom. The zero-order chi connectivity index (χ0) is 10.7. The Bertz CT molecular complexity index is 185. The van der Waals surface area contributed by atoms with Crippen molar-refractivity contribution < 1.29 is 0 Å². The van der Waals surface area contributed by atoms with Crippen LogP contribution in [0, 0.1) is 5.92 Å². The van der Waals surface area contributed by atoms with Crippen LogP contribution in [0.15, 0.2) is 0 Å². The molecule has 0 spiro atoms. The summed E-state index contributed by atoms with van der Waals surface area (Å²) in [6.07, 6.45) is 8.43. The van der Waals surface area contributed by atoms with Crippen LogP contribution in [0.3, 0.4) is 0 Å². The highest BCUT2D eigenvalue weighted by Crippen LogP contribution is 2.28. The van der Waals surface area contributed by atoms with Crippen molar-refractivity contribution in [1.82, 2.24) is 10.2 Å². The molecule has 0 aromatic heterocycles. The fraction of sp³-hybridized carbons (Fsp3) is 1.00. The highest BCUT2D eigenvalue weighted by molar-refractivity contribution is 4.86. The fourth-order valence-corrected chi connectivity index (χ4v) is 3.26. The molecule has 1 unspecified atom stereocenters.